The van der Waals surface area contributed by atoms with Crippen molar-refractivity contribution in [2.75, 3.05) is 0 Å². The predicted octanol–water partition coefficient (Wildman–Crippen LogP) is 3.34. The van der Waals surface area contributed by atoms with E-state index in [1.807, 2.05) is 30.3 Å². The Balaban J connectivity index is 1.41. The Morgan fingerprint density at radius 3 is 2.49 bits per heavy atom. The third-order valence-electron chi connectivity index (χ3n) is 7.11. The van der Waals surface area contributed by atoms with E-state index in [1.54, 1.807) is 0 Å². The van der Waals surface area contributed by atoms with Crippen molar-refractivity contribution in [1.29, 1.82) is 0 Å². The molecule has 2 aromatic carbocycles. The molecule has 37 heavy (non-hydrogen) atoms. The average Bonchev–Trinajstić information content (AvgIpc) is 3.15. The van der Waals surface area contributed by atoms with Gasteiger partial charge >= 0.3 is 6.09 Å². The molecule has 1 aromatic heterocycles. The Bertz CT molecular complexity index is 1370. The molecule has 0 unspecified atom stereocenters. The first-order valence-corrected chi connectivity index (χ1v) is 12.2. The number of benzene rings is 2. The molecule has 1 saturated carbocycles. The third-order valence-corrected chi connectivity index (χ3v) is 7.11. The second-order valence-electron chi connectivity index (χ2n) is 9.57. The number of alkyl carbamates (subject to hydrolysis) is 1. The van der Waals surface area contributed by atoms with Crippen LogP contribution in [0.2, 0.25) is 0 Å². The maximum absolute atomic E-state index is 13.2. The third kappa shape index (κ3) is 5.04. The SMILES string of the molecule is O=C(NC12CCC(CC1)Cn1c2nc(C(=O)NCc2ccc(F)cc2)c(O)c1=O)OCc1ccccc1. The minimum absolute atomic E-state index is 0.0515. The lowest BCUT2D eigenvalue weighted by molar-refractivity contribution is 0.0940. The summed E-state index contributed by atoms with van der Waals surface area (Å²) in [5.41, 5.74) is -0.685. The molecular weight excluding hydrogens is 479 g/mol. The highest BCUT2D eigenvalue weighted by Crippen LogP contribution is 2.43. The number of carbonyl (C=O) groups excluding carboxylic acids is 2. The number of amides is 2. The topological polar surface area (TPSA) is 123 Å². The first-order chi connectivity index (χ1) is 17.8. The maximum atomic E-state index is 13.2. The zero-order chi connectivity index (χ0) is 26.0. The van der Waals surface area contributed by atoms with Crippen molar-refractivity contribution in [3.63, 3.8) is 0 Å². The fourth-order valence-corrected chi connectivity index (χ4v) is 5.08. The molecule has 0 atom stereocenters. The molecule has 6 rings (SSSR count). The molecular formula is C27H27FN4O5. The molecule has 10 heteroatoms. The summed E-state index contributed by atoms with van der Waals surface area (Å²) >= 11 is 0. The van der Waals surface area contributed by atoms with E-state index in [1.165, 1.54) is 28.8 Å². The number of nitrogens with one attached hydrogen (secondary N) is 2. The minimum Gasteiger partial charge on any atom is -0.501 e. The van der Waals surface area contributed by atoms with Crippen molar-refractivity contribution in [3.05, 3.63) is 93.4 Å². The van der Waals surface area contributed by atoms with E-state index in [-0.39, 0.29) is 24.9 Å². The smallest absolute Gasteiger partial charge is 0.408 e. The van der Waals surface area contributed by atoms with Gasteiger partial charge in [0.15, 0.2) is 5.69 Å². The van der Waals surface area contributed by atoms with Crippen molar-refractivity contribution in [2.24, 2.45) is 5.92 Å². The molecule has 1 aliphatic carbocycles. The summed E-state index contributed by atoms with van der Waals surface area (Å²) in [6.07, 6.45) is 1.88. The van der Waals surface area contributed by atoms with Crippen molar-refractivity contribution < 1.29 is 23.8 Å². The van der Waals surface area contributed by atoms with Crippen LogP contribution in [0.5, 0.6) is 5.75 Å². The standard InChI is InChI=1S/C27H27FN4O5/c28-20-8-6-17(7-9-20)14-29-23(34)21-22(33)24(35)32-15-18-10-12-27(13-11-18,25(32)30-21)31-26(36)37-16-19-4-2-1-3-5-19/h1-9,18,33H,10-16H2,(H,29,34)(H,31,36). The van der Waals surface area contributed by atoms with Gasteiger partial charge in [0, 0.05) is 13.1 Å². The first-order valence-electron chi connectivity index (χ1n) is 12.2. The number of ether oxygens (including phenoxy) is 1. The van der Waals surface area contributed by atoms with Crippen LogP contribution in [0.1, 0.15) is 53.1 Å². The van der Waals surface area contributed by atoms with Crippen LogP contribution in [0.15, 0.2) is 59.4 Å². The number of aromatic hydroxyl groups is 1. The van der Waals surface area contributed by atoms with Gasteiger partial charge in [-0.15, -0.1) is 0 Å². The average molecular weight is 507 g/mol. The van der Waals surface area contributed by atoms with E-state index < -0.39 is 40.4 Å². The van der Waals surface area contributed by atoms with E-state index in [2.05, 4.69) is 15.6 Å². The number of carbonyl (C=O) groups is 2. The number of hydrogen-bond donors (Lipinski definition) is 3. The fourth-order valence-electron chi connectivity index (χ4n) is 5.08. The van der Waals surface area contributed by atoms with E-state index in [0.29, 0.717) is 24.9 Å². The van der Waals surface area contributed by atoms with Gasteiger partial charge in [-0.25, -0.2) is 14.2 Å². The molecule has 3 N–H and O–H groups in total. The second kappa shape index (κ2) is 10.0. The van der Waals surface area contributed by atoms with E-state index in [0.717, 1.165) is 18.4 Å². The van der Waals surface area contributed by atoms with Gasteiger partial charge < -0.3 is 20.5 Å². The molecule has 3 heterocycles. The number of nitrogens with zero attached hydrogens (tertiary/aromatic N) is 2. The molecule has 3 aliphatic rings. The van der Waals surface area contributed by atoms with Gasteiger partial charge in [0.2, 0.25) is 5.75 Å². The molecule has 192 valence electrons. The van der Waals surface area contributed by atoms with Gasteiger partial charge in [-0.3, -0.25) is 14.2 Å². The van der Waals surface area contributed by atoms with Crippen LogP contribution in [0, 0.1) is 11.7 Å². The Hall–Kier alpha value is -4.21. The summed E-state index contributed by atoms with van der Waals surface area (Å²) in [6.45, 7) is 0.475. The number of hydrogen-bond acceptors (Lipinski definition) is 6. The molecule has 2 bridgehead atoms. The zero-order valence-electron chi connectivity index (χ0n) is 20.1. The lowest BCUT2D eigenvalue weighted by Crippen LogP contribution is -2.50. The largest absolute Gasteiger partial charge is 0.501 e. The minimum atomic E-state index is -1.01. The summed E-state index contributed by atoms with van der Waals surface area (Å²) in [4.78, 5) is 43.4. The Morgan fingerprint density at radius 1 is 1.08 bits per heavy atom. The molecule has 3 aromatic rings. The highest BCUT2D eigenvalue weighted by atomic mass is 19.1. The predicted molar refractivity (Wildman–Crippen MR) is 131 cm³/mol. The van der Waals surface area contributed by atoms with Crippen LogP contribution in [-0.4, -0.2) is 26.7 Å². The van der Waals surface area contributed by atoms with Crippen LogP contribution < -0.4 is 16.2 Å². The number of halogens is 1. The number of rotatable bonds is 6. The summed E-state index contributed by atoms with van der Waals surface area (Å²) in [5.74, 6) is -1.47. The van der Waals surface area contributed by atoms with Crippen LogP contribution in [0.3, 0.4) is 0 Å². The molecule has 1 fully saturated rings. The molecule has 0 spiro atoms. The molecule has 2 amide bonds. The molecule has 9 nitrogen and oxygen atoms in total. The monoisotopic (exact) mass is 506 g/mol. The van der Waals surface area contributed by atoms with Gasteiger partial charge in [-0.2, -0.15) is 0 Å². The summed E-state index contributed by atoms with van der Waals surface area (Å²) in [6, 6.07) is 14.9. The van der Waals surface area contributed by atoms with Crippen molar-refractivity contribution in [3.8, 4) is 5.75 Å². The summed E-state index contributed by atoms with van der Waals surface area (Å²) in [5, 5.41) is 16.1. The Labute approximate surface area is 212 Å². The van der Waals surface area contributed by atoms with E-state index in [4.69, 9.17) is 4.74 Å². The number of fused-ring (bicyclic) bond motifs is 2. The van der Waals surface area contributed by atoms with Gasteiger partial charge in [-0.1, -0.05) is 42.5 Å². The normalized spacial score (nSPS) is 20.0. The van der Waals surface area contributed by atoms with Gasteiger partial charge in [-0.05, 0) is 54.9 Å². The quantitative estimate of drug-likeness (QED) is 0.471. The highest BCUT2D eigenvalue weighted by Gasteiger charge is 2.46. The van der Waals surface area contributed by atoms with Gasteiger partial charge in [0.1, 0.15) is 23.8 Å². The summed E-state index contributed by atoms with van der Waals surface area (Å²) < 4.78 is 20.0. The molecule has 0 saturated heterocycles. The Morgan fingerprint density at radius 2 is 1.78 bits per heavy atom. The summed E-state index contributed by atoms with van der Waals surface area (Å²) in [7, 11) is 0. The molecule has 2 aliphatic heterocycles. The Kier molecular flexibility index (Phi) is 6.64. The lowest BCUT2D eigenvalue weighted by Gasteiger charge is -2.36. The first kappa shape index (κ1) is 24.5. The van der Waals surface area contributed by atoms with Gasteiger partial charge in [0.25, 0.3) is 11.5 Å². The maximum Gasteiger partial charge on any atom is 0.408 e. The van der Waals surface area contributed by atoms with Gasteiger partial charge in [0.05, 0.1) is 0 Å². The molecule has 0 radical (unpaired) electrons. The van der Waals surface area contributed by atoms with Crippen LogP contribution in [0.4, 0.5) is 9.18 Å². The van der Waals surface area contributed by atoms with Crippen molar-refractivity contribution in [1.82, 2.24) is 20.2 Å². The van der Waals surface area contributed by atoms with Crippen LogP contribution >= 0.6 is 0 Å². The second-order valence-corrected chi connectivity index (χ2v) is 9.57. The zero-order valence-corrected chi connectivity index (χ0v) is 20.1. The highest BCUT2D eigenvalue weighted by molar-refractivity contribution is 5.94. The van der Waals surface area contributed by atoms with E-state index >= 15 is 0 Å². The van der Waals surface area contributed by atoms with Crippen LogP contribution in [0.25, 0.3) is 0 Å². The number of aromatic nitrogens is 2. The van der Waals surface area contributed by atoms with Crippen LogP contribution in [-0.2, 0) is 30.0 Å². The van der Waals surface area contributed by atoms with Crippen molar-refractivity contribution >= 4 is 12.0 Å². The van der Waals surface area contributed by atoms with Crippen molar-refractivity contribution in [2.45, 2.75) is 50.9 Å². The lowest BCUT2D eigenvalue weighted by atomic mass is 9.77. The van der Waals surface area contributed by atoms with E-state index in [9.17, 15) is 23.9 Å². The fraction of sp³-hybridized carbons (Fsp3) is 0.333.